The topological polar surface area (TPSA) is 25.8 Å². The quantitative estimate of drug-likeness (QED) is 0.524. The smallest absolute Gasteiger partial charge is 0.162 e. The minimum Gasteiger partial charge on any atom is -0.228 e. The van der Waals surface area contributed by atoms with Gasteiger partial charge in [-0.1, -0.05) is 45.7 Å². The van der Waals surface area contributed by atoms with Crippen LogP contribution in [0.4, 0.5) is 0 Å². The van der Waals surface area contributed by atoms with Gasteiger partial charge >= 0.3 is 0 Å². The number of fused-ring (bicyclic) bond motifs is 1. The molecule has 2 nitrogen and oxygen atoms in total. The Balaban J connectivity index is 2.38. The molecule has 0 radical (unpaired) electrons. The molecule has 1 heterocycles. The van der Waals surface area contributed by atoms with Gasteiger partial charge < -0.3 is 0 Å². The molecule has 0 atom stereocenters. The van der Waals surface area contributed by atoms with Crippen LogP contribution in [0.15, 0.2) is 34.8 Å². The van der Waals surface area contributed by atoms with Crippen LogP contribution in [0.25, 0.3) is 22.3 Å². The van der Waals surface area contributed by atoms with Gasteiger partial charge in [0.25, 0.3) is 0 Å². The van der Waals surface area contributed by atoms with Crippen LogP contribution in [0.3, 0.4) is 0 Å². The number of halogens is 2. The van der Waals surface area contributed by atoms with Crippen molar-refractivity contribution in [1.29, 1.82) is 0 Å². The fourth-order valence-corrected chi connectivity index (χ4v) is 3.10. The van der Waals surface area contributed by atoms with Gasteiger partial charge in [-0.3, -0.25) is 0 Å². The molecule has 21 heavy (non-hydrogen) atoms. The van der Waals surface area contributed by atoms with E-state index < -0.39 is 0 Å². The van der Waals surface area contributed by atoms with Gasteiger partial charge in [-0.05, 0) is 49.6 Å². The van der Waals surface area contributed by atoms with Gasteiger partial charge in [0.2, 0.25) is 0 Å². The molecule has 0 aliphatic heterocycles. The van der Waals surface area contributed by atoms with E-state index in [2.05, 4.69) is 46.9 Å². The summed E-state index contributed by atoms with van der Waals surface area (Å²) in [4.78, 5) is 9.27. The Labute approximate surface area is 137 Å². The highest BCUT2D eigenvalue weighted by Crippen LogP contribution is 2.32. The van der Waals surface area contributed by atoms with Crippen LogP contribution in [-0.2, 0) is 0 Å². The molecule has 0 N–H and O–H groups in total. The fraction of sp³-hybridized carbons (Fsp3) is 0.176. The van der Waals surface area contributed by atoms with E-state index in [4.69, 9.17) is 16.6 Å². The van der Waals surface area contributed by atoms with Crippen molar-refractivity contribution in [2.24, 2.45) is 0 Å². The van der Waals surface area contributed by atoms with Crippen LogP contribution in [0.2, 0.25) is 5.15 Å². The number of rotatable bonds is 1. The molecule has 3 rings (SSSR count). The molecule has 0 bridgehead atoms. The molecule has 0 aliphatic carbocycles. The molecule has 0 aliphatic rings. The van der Waals surface area contributed by atoms with E-state index in [0.29, 0.717) is 11.0 Å². The summed E-state index contributed by atoms with van der Waals surface area (Å²) in [6, 6.07) is 10.1. The second kappa shape index (κ2) is 5.39. The summed E-state index contributed by atoms with van der Waals surface area (Å²) >= 11 is 9.92. The highest BCUT2D eigenvalue weighted by molar-refractivity contribution is 9.10. The number of aryl methyl sites for hydroxylation is 3. The monoisotopic (exact) mass is 360 g/mol. The van der Waals surface area contributed by atoms with E-state index in [9.17, 15) is 0 Å². The maximum absolute atomic E-state index is 6.37. The lowest BCUT2D eigenvalue weighted by Gasteiger charge is -2.11. The first-order chi connectivity index (χ1) is 9.99. The number of benzene rings is 2. The predicted molar refractivity (Wildman–Crippen MR) is 91.9 cm³/mol. The second-order valence-electron chi connectivity index (χ2n) is 5.17. The van der Waals surface area contributed by atoms with Crippen molar-refractivity contribution in [3.8, 4) is 11.4 Å². The molecule has 1 aromatic heterocycles. The normalized spacial score (nSPS) is 11.1. The first-order valence-corrected chi connectivity index (χ1v) is 7.85. The Bertz CT molecular complexity index is 839. The summed E-state index contributed by atoms with van der Waals surface area (Å²) in [5, 5.41) is 1.38. The van der Waals surface area contributed by atoms with E-state index in [1.165, 1.54) is 0 Å². The van der Waals surface area contributed by atoms with Crippen molar-refractivity contribution in [2.75, 3.05) is 0 Å². The zero-order valence-corrected chi connectivity index (χ0v) is 14.4. The average Bonchev–Trinajstić information content (AvgIpc) is 2.43. The van der Waals surface area contributed by atoms with Gasteiger partial charge in [0.05, 0.1) is 5.52 Å². The molecule has 0 saturated heterocycles. The highest BCUT2D eigenvalue weighted by Gasteiger charge is 2.14. The molecule has 0 unspecified atom stereocenters. The van der Waals surface area contributed by atoms with Gasteiger partial charge in [-0.2, -0.15) is 0 Å². The molecule has 3 aromatic rings. The Morgan fingerprint density at radius 1 is 0.952 bits per heavy atom. The third-order valence-electron chi connectivity index (χ3n) is 3.71. The molecule has 0 spiro atoms. The molecular formula is C17H14BrClN2. The van der Waals surface area contributed by atoms with Crippen molar-refractivity contribution >= 4 is 38.4 Å². The first-order valence-electron chi connectivity index (χ1n) is 6.68. The molecule has 106 valence electrons. The number of hydrogen-bond donors (Lipinski definition) is 0. The zero-order chi connectivity index (χ0) is 15.1. The lowest BCUT2D eigenvalue weighted by molar-refractivity contribution is 1.19. The minimum absolute atomic E-state index is 0.494. The van der Waals surface area contributed by atoms with E-state index >= 15 is 0 Å². The Morgan fingerprint density at radius 3 is 2.29 bits per heavy atom. The Kier molecular flexibility index (Phi) is 3.72. The van der Waals surface area contributed by atoms with Gasteiger partial charge in [0, 0.05) is 15.4 Å². The van der Waals surface area contributed by atoms with Crippen LogP contribution >= 0.6 is 27.5 Å². The van der Waals surface area contributed by atoms with Crippen molar-refractivity contribution in [3.63, 3.8) is 0 Å². The second-order valence-corrected chi connectivity index (χ2v) is 6.39. The van der Waals surface area contributed by atoms with Crippen LogP contribution < -0.4 is 0 Å². The Hall–Kier alpha value is -1.45. The maximum atomic E-state index is 6.37. The summed E-state index contributed by atoms with van der Waals surface area (Å²) in [6.45, 7) is 6.17. The SMILES string of the molecule is Cc1cccc(C)c1-c1nc(Cl)c2ccc(Br)c(C)c2n1. The van der Waals surface area contributed by atoms with Crippen molar-refractivity contribution in [2.45, 2.75) is 20.8 Å². The van der Waals surface area contributed by atoms with E-state index in [-0.39, 0.29) is 0 Å². The van der Waals surface area contributed by atoms with Crippen LogP contribution in [0.5, 0.6) is 0 Å². The van der Waals surface area contributed by atoms with Gasteiger partial charge in [-0.15, -0.1) is 0 Å². The Morgan fingerprint density at radius 2 is 1.62 bits per heavy atom. The average molecular weight is 362 g/mol. The van der Waals surface area contributed by atoms with Gasteiger partial charge in [0.15, 0.2) is 5.82 Å². The van der Waals surface area contributed by atoms with Crippen LogP contribution in [0.1, 0.15) is 16.7 Å². The highest BCUT2D eigenvalue weighted by atomic mass is 79.9. The third kappa shape index (κ3) is 2.45. The molecule has 0 saturated carbocycles. The lowest BCUT2D eigenvalue weighted by atomic mass is 10.0. The summed E-state index contributed by atoms with van der Waals surface area (Å²) < 4.78 is 1.03. The lowest BCUT2D eigenvalue weighted by Crippen LogP contribution is -1.97. The standard InChI is InChI=1S/C17H14BrClN2/c1-9-5-4-6-10(2)14(9)17-20-15-11(3)13(18)8-7-12(15)16(19)21-17/h4-8H,1-3H3. The molecule has 0 fully saturated rings. The van der Waals surface area contributed by atoms with Crippen molar-refractivity contribution < 1.29 is 0 Å². The number of aromatic nitrogens is 2. The van der Waals surface area contributed by atoms with E-state index in [0.717, 1.165) is 37.6 Å². The van der Waals surface area contributed by atoms with E-state index in [1.54, 1.807) is 0 Å². The summed E-state index contributed by atoms with van der Waals surface area (Å²) in [5.41, 5.74) is 5.32. The first kappa shape index (κ1) is 14.5. The van der Waals surface area contributed by atoms with Crippen molar-refractivity contribution in [1.82, 2.24) is 9.97 Å². The minimum atomic E-state index is 0.494. The van der Waals surface area contributed by atoms with Crippen molar-refractivity contribution in [3.05, 3.63) is 56.6 Å². The largest absolute Gasteiger partial charge is 0.228 e. The fourth-order valence-electron chi connectivity index (χ4n) is 2.55. The molecule has 2 aromatic carbocycles. The zero-order valence-electron chi connectivity index (χ0n) is 12.0. The summed E-state index contributed by atoms with van der Waals surface area (Å²) in [6.07, 6.45) is 0. The van der Waals surface area contributed by atoms with Gasteiger partial charge in [0.1, 0.15) is 5.15 Å². The van der Waals surface area contributed by atoms with E-state index in [1.807, 2.05) is 25.1 Å². The van der Waals surface area contributed by atoms with Gasteiger partial charge in [-0.25, -0.2) is 9.97 Å². The van der Waals surface area contributed by atoms with Crippen LogP contribution in [-0.4, -0.2) is 9.97 Å². The third-order valence-corrected chi connectivity index (χ3v) is 4.86. The van der Waals surface area contributed by atoms with Crippen LogP contribution in [0, 0.1) is 20.8 Å². The molecule has 4 heteroatoms. The maximum Gasteiger partial charge on any atom is 0.162 e. The predicted octanol–water partition coefficient (Wildman–Crippen LogP) is 5.64. The molecular weight excluding hydrogens is 348 g/mol. The molecule has 0 amide bonds. The summed E-state index contributed by atoms with van der Waals surface area (Å²) in [7, 11) is 0. The number of hydrogen-bond acceptors (Lipinski definition) is 2. The summed E-state index contributed by atoms with van der Waals surface area (Å²) in [5.74, 6) is 0.685. The number of nitrogens with zero attached hydrogens (tertiary/aromatic N) is 2.